The van der Waals surface area contributed by atoms with E-state index in [1.165, 1.54) is 5.57 Å². The molecule has 1 N–H and O–H groups in total. The van der Waals surface area contributed by atoms with Crippen LogP contribution in [0.5, 0.6) is 5.75 Å². The van der Waals surface area contributed by atoms with Crippen LogP contribution in [0.1, 0.15) is 32.4 Å². The zero-order valence-electron chi connectivity index (χ0n) is 18.6. The first-order valence-corrected chi connectivity index (χ1v) is 10.9. The molecule has 1 saturated heterocycles. The van der Waals surface area contributed by atoms with Crippen molar-refractivity contribution >= 4 is 11.8 Å². The normalized spacial score (nSPS) is 29.6. The Morgan fingerprint density at radius 1 is 1.13 bits per heavy atom. The van der Waals surface area contributed by atoms with Crippen LogP contribution in [0, 0.1) is 23.2 Å². The lowest BCUT2D eigenvalue weighted by Gasteiger charge is -2.55. The molecule has 1 heterocycles. The van der Waals surface area contributed by atoms with Gasteiger partial charge in [-0.3, -0.25) is 5.32 Å². The number of hydrogen-bond donors (Lipinski definition) is 1. The lowest BCUT2D eigenvalue weighted by atomic mass is 9.56. The minimum Gasteiger partial charge on any atom is -0.497 e. The third-order valence-electron chi connectivity index (χ3n) is 7.19. The molecule has 5 heteroatoms. The van der Waals surface area contributed by atoms with Crippen LogP contribution in [0.4, 0.5) is 10.5 Å². The predicted octanol–water partition coefficient (Wildman–Crippen LogP) is 5.85. The summed E-state index contributed by atoms with van der Waals surface area (Å²) in [5.41, 5.74) is 2.96. The maximum absolute atomic E-state index is 12.4. The molecule has 164 valence electrons. The van der Waals surface area contributed by atoms with Gasteiger partial charge < -0.3 is 14.2 Å². The summed E-state index contributed by atoms with van der Waals surface area (Å²) in [6.45, 7) is 7.53. The number of methoxy groups -OCH3 is 1. The zero-order chi connectivity index (χ0) is 22.0. The smallest absolute Gasteiger partial charge is 0.411 e. The summed E-state index contributed by atoms with van der Waals surface area (Å²) in [6.07, 6.45) is 1.89. The van der Waals surface area contributed by atoms with Gasteiger partial charge in [0.05, 0.1) is 19.8 Å². The van der Waals surface area contributed by atoms with E-state index in [-0.39, 0.29) is 23.4 Å². The number of ether oxygens (including phenoxy) is 3. The van der Waals surface area contributed by atoms with Crippen molar-refractivity contribution < 1.29 is 19.0 Å². The van der Waals surface area contributed by atoms with Gasteiger partial charge in [-0.15, -0.1) is 0 Å². The fraction of sp³-hybridized carbons (Fsp3) is 0.423. The third-order valence-corrected chi connectivity index (χ3v) is 7.19. The van der Waals surface area contributed by atoms with E-state index in [0.717, 1.165) is 17.0 Å². The number of benzene rings is 2. The standard InChI is InChI=1S/C26H31NO4/c1-17-14-18(2)26(16-31-25(28)27-21-8-6-5-7-9-21)15-30-24(23(17)19(26)3)20-10-12-22(29-4)13-11-20/h5-14,18-19,23-24H,15-16H2,1-4H3,(H,27,28)/t18-,19+,23+,24+,26-/m1/s1. The molecule has 0 aromatic heterocycles. The molecule has 1 amide bonds. The Morgan fingerprint density at radius 2 is 1.84 bits per heavy atom. The third kappa shape index (κ3) is 4.07. The minimum atomic E-state index is -0.430. The predicted molar refractivity (Wildman–Crippen MR) is 121 cm³/mol. The quantitative estimate of drug-likeness (QED) is 0.615. The highest BCUT2D eigenvalue weighted by Crippen LogP contribution is 2.56. The van der Waals surface area contributed by atoms with Gasteiger partial charge in [0.15, 0.2) is 0 Å². The van der Waals surface area contributed by atoms with Gasteiger partial charge in [-0.2, -0.15) is 0 Å². The highest BCUT2D eigenvalue weighted by atomic mass is 16.6. The van der Waals surface area contributed by atoms with Crippen LogP contribution < -0.4 is 10.1 Å². The number of hydrogen-bond acceptors (Lipinski definition) is 4. The van der Waals surface area contributed by atoms with E-state index in [0.29, 0.717) is 19.1 Å². The molecule has 1 aliphatic heterocycles. The number of rotatable bonds is 5. The summed E-state index contributed by atoms with van der Waals surface area (Å²) in [5.74, 6) is 1.63. The Balaban J connectivity index is 1.51. The van der Waals surface area contributed by atoms with Crippen LogP contribution in [0.2, 0.25) is 0 Å². The van der Waals surface area contributed by atoms with Crippen molar-refractivity contribution in [1.29, 1.82) is 0 Å². The maximum Gasteiger partial charge on any atom is 0.411 e. The Labute approximate surface area is 184 Å². The lowest BCUT2D eigenvalue weighted by molar-refractivity contribution is -0.165. The molecule has 1 fully saturated rings. The van der Waals surface area contributed by atoms with Gasteiger partial charge >= 0.3 is 6.09 Å². The van der Waals surface area contributed by atoms with Crippen LogP contribution in [0.25, 0.3) is 0 Å². The second kappa shape index (κ2) is 8.75. The summed E-state index contributed by atoms with van der Waals surface area (Å²) in [6, 6.07) is 17.5. The summed E-state index contributed by atoms with van der Waals surface area (Å²) >= 11 is 0. The average Bonchev–Trinajstić information content (AvgIpc) is 2.77. The topological polar surface area (TPSA) is 56.8 Å². The molecule has 2 bridgehead atoms. The molecule has 0 unspecified atom stereocenters. The van der Waals surface area contributed by atoms with E-state index in [1.807, 2.05) is 42.5 Å². The van der Waals surface area contributed by atoms with E-state index in [9.17, 15) is 4.79 Å². The Kier molecular flexibility index (Phi) is 6.05. The van der Waals surface area contributed by atoms with E-state index in [2.05, 4.69) is 44.3 Å². The minimum absolute atomic E-state index is 0.0177. The van der Waals surface area contributed by atoms with Gasteiger partial charge in [0.25, 0.3) is 0 Å². The number of allylic oxidation sites excluding steroid dienone is 1. The first kappa shape index (κ1) is 21.4. The van der Waals surface area contributed by atoms with Crippen LogP contribution in [-0.2, 0) is 9.47 Å². The summed E-state index contributed by atoms with van der Waals surface area (Å²) < 4.78 is 17.5. The lowest BCUT2D eigenvalue weighted by Crippen LogP contribution is -2.54. The number of para-hydroxylation sites is 1. The van der Waals surface area contributed by atoms with Crippen LogP contribution in [0.15, 0.2) is 66.2 Å². The second-order valence-electron chi connectivity index (χ2n) is 8.82. The molecule has 31 heavy (non-hydrogen) atoms. The number of carbonyl (C=O) groups excluding carboxylic acids is 1. The zero-order valence-corrected chi connectivity index (χ0v) is 18.6. The Hall–Kier alpha value is -2.79. The molecule has 2 aromatic carbocycles. The highest BCUT2D eigenvalue weighted by Gasteiger charge is 2.54. The SMILES string of the molecule is COc1ccc([C@@H]2OC[C@@]3(COC(=O)Nc4ccccc4)[C@H](C)C=C(C)[C@H]2[C@@H]3C)cc1. The van der Waals surface area contributed by atoms with Crippen molar-refractivity contribution in [2.24, 2.45) is 23.2 Å². The molecule has 1 aliphatic carbocycles. The molecule has 4 rings (SSSR count). The van der Waals surface area contributed by atoms with Gasteiger partial charge in [-0.25, -0.2) is 4.79 Å². The van der Waals surface area contributed by atoms with Gasteiger partial charge in [0.2, 0.25) is 0 Å². The van der Waals surface area contributed by atoms with Crippen molar-refractivity contribution in [2.45, 2.75) is 26.9 Å². The fourth-order valence-electron chi connectivity index (χ4n) is 5.23. The second-order valence-corrected chi connectivity index (χ2v) is 8.82. The highest BCUT2D eigenvalue weighted by molar-refractivity contribution is 5.84. The van der Waals surface area contributed by atoms with E-state index in [4.69, 9.17) is 14.2 Å². The summed E-state index contributed by atoms with van der Waals surface area (Å²) in [7, 11) is 1.67. The van der Waals surface area contributed by atoms with Crippen molar-refractivity contribution in [2.75, 3.05) is 25.6 Å². The van der Waals surface area contributed by atoms with Gasteiger partial charge in [-0.1, -0.05) is 55.8 Å². The van der Waals surface area contributed by atoms with Gasteiger partial charge in [-0.05, 0) is 48.6 Å². The maximum atomic E-state index is 12.4. The van der Waals surface area contributed by atoms with Crippen LogP contribution in [0.3, 0.4) is 0 Å². The fourth-order valence-corrected chi connectivity index (χ4v) is 5.23. The summed E-state index contributed by atoms with van der Waals surface area (Å²) in [5, 5.41) is 2.81. The number of anilines is 1. The van der Waals surface area contributed by atoms with E-state index >= 15 is 0 Å². The first-order chi connectivity index (χ1) is 14.9. The Morgan fingerprint density at radius 3 is 2.52 bits per heavy atom. The van der Waals surface area contributed by atoms with Crippen molar-refractivity contribution in [3.05, 3.63) is 71.8 Å². The molecule has 5 atom stereocenters. The van der Waals surface area contributed by atoms with Crippen molar-refractivity contribution in [3.8, 4) is 5.75 Å². The molecule has 2 aliphatic rings. The molecule has 0 spiro atoms. The molecule has 2 aromatic rings. The largest absolute Gasteiger partial charge is 0.497 e. The molecule has 5 nitrogen and oxygen atoms in total. The number of amides is 1. The van der Waals surface area contributed by atoms with Crippen LogP contribution in [-0.4, -0.2) is 26.4 Å². The first-order valence-electron chi connectivity index (χ1n) is 10.9. The molecule has 0 radical (unpaired) electrons. The Bertz CT molecular complexity index is 940. The monoisotopic (exact) mass is 421 g/mol. The van der Waals surface area contributed by atoms with Gasteiger partial charge in [0, 0.05) is 17.0 Å². The van der Waals surface area contributed by atoms with E-state index < -0.39 is 6.09 Å². The number of nitrogens with one attached hydrogen (secondary N) is 1. The van der Waals surface area contributed by atoms with Crippen molar-refractivity contribution in [1.82, 2.24) is 0 Å². The number of fused-ring (bicyclic) bond motifs is 2. The van der Waals surface area contributed by atoms with Crippen LogP contribution >= 0.6 is 0 Å². The average molecular weight is 422 g/mol. The molecular formula is C26H31NO4. The summed E-state index contributed by atoms with van der Waals surface area (Å²) in [4.78, 5) is 12.4. The number of carbonyl (C=O) groups is 1. The molecular weight excluding hydrogens is 390 g/mol. The van der Waals surface area contributed by atoms with Gasteiger partial charge in [0.1, 0.15) is 12.4 Å². The van der Waals surface area contributed by atoms with E-state index in [1.54, 1.807) is 7.11 Å². The van der Waals surface area contributed by atoms with Crippen molar-refractivity contribution in [3.63, 3.8) is 0 Å². The molecule has 0 saturated carbocycles.